The van der Waals surface area contributed by atoms with E-state index in [2.05, 4.69) is 20.6 Å². The Morgan fingerprint density at radius 3 is 2.61 bits per heavy atom. The molecule has 3 N–H and O–H groups in total. The molecule has 5 aromatic rings. The topological polar surface area (TPSA) is 79.0 Å². The third kappa shape index (κ3) is 4.63. The SMILES string of the molecule is COc1ccccc1N[C@@H](c1ccccn1)c1c(C)[nH]c2ccc(NC(=O)c3cccc(F)c3)cc12. The van der Waals surface area contributed by atoms with Crippen molar-refractivity contribution in [2.24, 2.45) is 0 Å². The molecule has 7 heteroatoms. The lowest BCUT2D eigenvalue weighted by atomic mass is 9.98. The molecule has 2 heterocycles. The maximum Gasteiger partial charge on any atom is 0.255 e. The summed E-state index contributed by atoms with van der Waals surface area (Å²) in [5.74, 6) is -0.114. The number of nitrogens with one attached hydrogen (secondary N) is 3. The molecule has 0 unspecified atom stereocenters. The van der Waals surface area contributed by atoms with Crippen LogP contribution in [0.3, 0.4) is 0 Å². The first-order valence-corrected chi connectivity index (χ1v) is 11.5. The molecule has 0 saturated carbocycles. The van der Waals surface area contributed by atoms with E-state index in [9.17, 15) is 9.18 Å². The van der Waals surface area contributed by atoms with E-state index >= 15 is 0 Å². The zero-order chi connectivity index (χ0) is 25.1. The van der Waals surface area contributed by atoms with Crippen LogP contribution in [0.15, 0.2) is 91.1 Å². The second-order valence-electron chi connectivity index (χ2n) is 8.42. The van der Waals surface area contributed by atoms with Crippen LogP contribution in [0.25, 0.3) is 10.9 Å². The minimum absolute atomic E-state index is 0.254. The number of fused-ring (bicyclic) bond motifs is 1. The van der Waals surface area contributed by atoms with Gasteiger partial charge in [0, 0.05) is 39.6 Å². The maximum absolute atomic E-state index is 13.6. The Balaban J connectivity index is 1.57. The van der Waals surface area contributed by atoms with Crippen molar-refractivity contribution in [2.45, 2.75) is 13.0 Å². The number of amides is 1. The summed E-state index contributed by atoms with van der Waals surface area (Å²) in [6.45, 7) is 2.01. The molecule has 0 saturated heterocycles. The number of rotatable bonds is 7. The Kier molecular flexibility index (Phi) is 6.36. The third-order valence-corrected chi connectivity index (χ3v) is 6.06. The van der Waals surface area contributed by atoms with Crippen molar-refractivity contribution in [3.63, 3.8) is 0 Å². The van der Waals surface area contributed by atoms with Crippen molar-refractivity contribution in [2.75, 3.05) is 17.7 Å². The lowest BCUT2D eigenvalue weighted by Gasteiger charge is -2.22. The van der Waals surface area contributed by atoms with E-state index in [0.29, 0.717) is 5.69 Å². The molecule has 0 aliphatic rings. The summed E-state index contributed by atoms with van der Waals surface area (Å²) in [5, 5.41) is 7.42. The van der Waals surface area contributed by atoms with Crippen LogP contribution in [0.5, 0.6) is 5.75 Å². The number of carbonyl (C=O) groups excluding carboxylic acids is 1. The highest BCUT2D eigenvalue weighted by Gasteiger charge is 2.23. The first kappa shape index (κ1) is 23.1. The number of halogens is 1. The zero-order valence-electron chi connectivity index (χ0n) is 19.9. The molecule has 6 nitrogen and oxygen atoms in total. The normalized spacial score (nSPS) is 11.8. The quantitative estimate of drug-likeness (QED) is 0.249. The van der Waals surface area contributed by atoms with E-state index in [4.69, 9.17) is 4.74 Å². The van der Waals surface area contributed by atoms with Gasteiger partial charge < -0.3 is 20.4 Å². The first-order valence-electron chi connectivity index (χ1n) is 11.5. The van der Waals surface area contributed by atoms with E-state index in [0.717, 1.165) is 39.3 Å². The lowest BCUT2D eigenvalue weighted by molar-refractivity contribution is 0.102. The van der Waals surface area contributed by atoms with Crippen molar-refractivity contribution in [3.8, 4) is 5.75 Å². The van der Waals surface area contributed by atoms with E-state index in [1.807, 2.05) is 67.6 Å². The number of carbonyl (C=O) groups is 1. The number of aromatic amines is 1. The number of H-pyrrole nitrogens is 1. The standard InChI is InChI=1S/C29H25FN4O2/c1-18-27(28(25-11-5-6-15-31-25)34-24-10-3-4-12-26(24)36-2)22-17-21(13-14-23(22)32-18)33-29(35)19-8-7-9-20(30)16-19/h3-17,28,32,34H,1-2H3,(H,33,35)/t28-/m0/s1. The largest absolute Gasteiger partial charge is 0.495 e. The first-order chi connectivity index (χ1) is 17.5. The van der Waals surface area contributed by atoms with Crippen LogP contribution in [-0.2, 0) is 0 Å². The van der Waals surface area contributed by atoms with Crippen molar-refractivity contribution in [1.82, 2.24) is 9.97 Å². The summed E-state index contributed by atoms with van der Waals surface area (Å²) < 4.78 is 19.2. The van der Waals surface area contributed by atoms with Gasteiger partial charge in [-0.15, -0.1) is 0 Å². The lowest BCUT2D eigenvalue weighted by Crippen LogP contribution is -2.15. The predicted octanol–water partition coefficient (Wildman–Crippen LogP) is 6.47. The molecule has 0 spiro atoms. The van der Waals surface area contributed by atoms with Crippen LogP contribution in [0.2, 0.25) is 0 Å². The Labute approximate surface area is 208 Å². The summed E-state index contributed by atoms with van der Waals surface area (Å²) in [7, 11) is 1.64. The highest BCUT2D eigenvalue weighted by molar-refractivity contribution is 6.05. The molecule has 5 rings (SSSR count). The van der Waals surface area contributed by atoms with Crippen LogP contribution in [0.4, 0.5) is 15.8 Å². The summed E-state index contributed by atoms with van der Waals surface area (Å²) in [4.78, 5) is 20.8. The number of methoxy groups -OCH3 is 1. The van der Waals surface area contributed by atoms with Crippen molar-refractivity contribution in [1.29, 1.82) is 0 Å². The molecule has 1 atom stereocenters. The zero-order valence-corrected chi connectivity index (χ0v) is 19.9. The van der Waals surface area contributed by atoms with Crippen molar-refractivity contribution < 1.29 is 13.9 Å². The molecule has 0 aliphatic carbocycles. The number of aromatic nitrogens is 2. The second kappa shape index (κ2) is 9.92. The number of para-hydroxylation sites is 2. The molecule has 0 aliphatic heterocycles. The van der Waals surface area contributed by atoms with Gasteiger partial charge in [0.05, 0.1) is 24.5 Å². The van der Waals surface area contributed by atoms with Gasteiger partial charge in [-0.3, -0.25) is 9.78 Å². The van der Waals surface area contributed by atoms with Crippen LogP contribution < -0.4 is 15.4 Å². The van der Waals surface area contributed by atoms with Gasteiger partial charge in [-0.2, -0.15) is 0 Å². The van der Waals surface area contributed by atoms with Crippen LogP contribution in [0.1, 0.15) is 33.4 Å². The fourth-order valence-electron chi connectivity index (χ4n) is 4.39. The maximum atomic E-state index is 13.6. The molecule has 180 valence electrons. The van der Waals surface area contributed by atoms with Gasteiger partial charge in [0.25, 0.3) is 5.91 Å². The minimum atomic E-state index is -0.456. The van der Waals surface area contributed by atoms with Crippen molar-refractivity contribution >= 4 is 28.2 Å². The molecule has 0 radical (unpaired) electrons. The molecule has 0 fully saturated rings. The van der Waals surface area contributed by atoms with Crippen LogP contribution in [0, 0.1) is 12.7 Å². The van der Waals surface area contributed by atoms with Crippen LogP contribution >= 0.6 is 0 Å². The summed E-state index contributed by atoms with van der Waals surface area (Å²) in [6.07, 6.45) is 1.76. The number of anilines is 2. The Morgan fingerprint density at radius 1 is 1.00 bits per heavy atom. The molecular formula is C29H25FN4O2. The smallest absolute Gasteiger partial charge is 0.255 e. The van der Waals surface area contributed by atoms with Crippen molar-refractivity contribution in [3.05, 3.63) is 119 Å². The number of nitrogens with zero attached hydrogens (tertiary/aromatic N) is 1. The van der Waals surface area contributed by atoms with E-state index in [1.54, 1.807) is 19.4 Å². The van der Waals surface area contributed by atoms with Gasteiger partial charge in [0.15, 0.2) is 0 Å². The summed E-state index contributed by atoms with van der Waals surface area (Å²) >= 11 is 0. The van der Waals surface area contributed by atoms with Gasteiger partial charge in [-0.25, -0.2) is 4.39 Å². The Morgan fingerprint density at radius 2 is 1.83 bits per heavy atom. The average molecular weight is 481 g/mol. The number of hydrogen-bond donors (Lipinski definition) is 3. The number of benzene rings is 3. The van der Waals surface area contributed by atoms with Gasteiger partial charge in [-0.05, 0) is 67.6 Å². The van der Waals surface area contributed by atoms with Crippen LogP contribution in [-0.4, -0.2) is 23.0 Å². The third-order valence-electron chi connectivity index (χ3n) is 6.06. The Hall–Kier alpha value is -4.65. The fraction of sp³-hybridized carbons (Fsp3) is 0.103. The number of ether oxygens (including phenoxy) is 1. The average Bonchev–Trinajstić information content (AvgIpc) is 3.22. The van der Waals surface area contributed by atoms with E-state index in [1.165, 1.54) is 18.2 Å². The van der Waals surface area contributed by atoms with E-state index in [-0.39, 0.29) is 17.5 Å². The molecule has 36 heavy (non-hydrogen) atoms. The van der Waals surface area contributed by atoms with Gasteiger partial charge >= 0.3 is 0 Å². The fourth-order valence-corrected chi connectivity index (χ4v) is 4.39. The predicted molar refractivity (Wildman–Crippen MR) is 140 cm³/mol. The minimum Gasteiger partial charge on any atom is -0.495 e. The molecule has 2 aromatic heterocycles. The highest BCUT2D eigenvalue weighted by Crippen LogP contribution is 2.37. The molecule has 0 bridgehead atoms. The highest BCUT2D eigenvalue weighted by atomic mass is 19.1. The van der Waals surface area contributed by atoms with Gasteiger partial charge in [-0.1, -0.05) is 24.3 Å². The number of aryl methyl sites for hydroxylation is 1. The summed E-state index contributed by atoms with van der Waals surface area (Å²) in [6, 6.07) is 24.5. The number of pyridine rings is 1. The molecule has 1 amide bonds. The van der Waals surface area contributed by atoms with Gasteiger partial charge in [0.1, 0.15) is 11.6 Å². The summed E-state index contributed by atoms with van der Waals surface area (Å²) in [5.41, 5.74) is 5.42. The second-order valence-corrected chi connectivity index (χ2v) is 8.42. The monoisotopic (exact) mass is 480 g/mol. The van der Waals surface area contributed by atoms with Gasteiger partial charge in [0.2, 0.25) is 0 Å². The molecular weight excluding hydrogens is 455 g/mol. The van der Waals surface area contributed by atoms with E-state index < -0.39 is 5.82 Å². The molecule has 3 aromatic carbocycles. The number of hydrogen-bond acceptors (Lipinski definition) is 4. The Bertz CT molecular complexity index is 1530.